The molecule has 3 heterocycles. The highest BCUT2D eigenvalue weighted by atomic mass is 35.5. The lowest BCUT2D eigenvalue weighted by atomic mass is 10.0. The van der Waals surface area contributed by atoms with E-state index in [0.717, 1.165) is 6.07 Å². The summed E-state index contributed by atoms with van der Waals surface area (Å²) in [7, 11) is 0. The van der Waals surface area contributed by atoms with Crippen molar-refractivity contribution in [2.24, 2.45) is 0 Å². The van der Waals surface area contributed by atoms with Gasteiger partial charge in [-0.05, 0) is 25.1 Å². The lowest BCUT2D eigenvalue weighted by molar-refractivity contribution is -0.136. The number of nitrogens with zero attached hydrogens (tertiary/aromatic N) is 4. The van der Waals surface area contributed by atoms with E-state index in [9.17, 15) is 13.2 Å². The molecule has 0 aliphatic rings. The number of pyridine rings is 1. The van der Waals surface area contributed by atoms with Gasteiger partial charge in [-0.3, -0.25) is 4.68 Å². The van der Waals surface area contributed by atoms with E-state index in [1.54, 1.807) is 10.9 Å². The molecular weight excluding hydrogens is 416 g/mol. The molecule has 0 N–H and O–H groups in total. The maximum atomic E-state index is 13.8. The van der Waals surface area contributed by atoms with Crippen LogP contribution >= 0.6 is 23.2 Å². The molecule has 0 aliphatic carbocycles. The number of rotatable bonds is 3. The first-order chi connectivity index (χ1) is 13.3. The highest BCUT2D eigenvalue weighted by molar-refractivity contribution is 6.42. The van der Waals surface area contributed by atoms with E-state index in [1.165, 1.54) is 24.4 Å². The van der Waals surface area contributed by atoms with E-state index < -0.39 is 11.7 Å². The SMILES string of the molecule is CCn1cc(-c2cc(C(F)(F)F)c3c(-c4ccc(Cl)c(Cl)c4)noc3n2)cn1. The van der Waals surface area contributed by atoms with Crippen LogP contribution in [0, 0.1) is 0 Å². The topological polar surface area (TPSA) is 56.7 Å². The predicted octanol–water partition coefficient (Wildman–Crippen LogP) is 6.10. The minimum Gasteiger partial charge on any atom is -0.335 e. The minimum absolute atomic E-state index is 0.0100. The number of alkyl halides is 3. The number of aromatic nitrogens is 4. The Morgan fingerprint density at radius 1 is 1.11 bits per heavy atom. The van der Waals surface area contributed by atoms with Crippen LogP contribution in [0.5, 0.6) is 0 Å². The quantitative estimate of drug-likeness (QED) is 0.397. The Bertz CT molecular complexity index is 1180. The van der Waals surface area contributed by atoms with Crippen molar-refractivity contribution in [3.05, 3.63) is 52.3 Å². The molecule has 0 bridgehead atoms. The molecule has 0 unspecified atom stereocenters. The van der Waals surface area contributed by atoms with Gasteiger partial charge in [0, 0.05) is 23.9 Å². The first kappa shape index (κ1) is 18.8. The van der Waals surface area contributed by atoms with Crippen molar-refractivity contribution >= 4 is 34.3 Å². The summed E-state index contributed by atoms with van der Waals surface area (Å²) in [4.78, 5) is 4.21. The van der Waals surface area contributed by atoms with Crippen molar-refractivity contribution in [3.63, 3.8) is 0 Å². The third-order valence-corrected chi connectivity index (χ3v) is 4.94. The van der Waals surface area contributed by atoms with Crippen molar-refractivity contribution < 1.29 is 17.7 Å². The predicted molar refractivity (Wildman–Crippen MR) is 99.2 cm³/mol. The summed E-state index contributed by atoms with van der Waals surface area (Å²) >= 11 is 11.9. The third kappa shape index (κ3) is 3.22. The fourth-order valence-corrected chi connectivity index (χ4v) is 3.13. The van der Waals surface area contributed by atoms with Gasteiger partial charge in [-0.2, -0.15) is 18.3 Å². The van der Waals surface area contributed by atoms with Crippen LogP contribution in [0.25, 0.3) is 33.6 Å². The molecule has 0 amide bonds. The molecule has 0 atom stereocenters. The van der Waals surface area contributed by atoms with Gasteiger partial charge in [-0.25, -0.2) is 4.98 Å². The zero-order valence-electron chi connectivity index (χ0n) is 14.3. The van der Waals surface area contributed by atoms with E-state index in [-0.39, 0.29) is 32.5 Å². The summed E-state index contributed by atoms with van der Waals surface area (Å²) in [6, 6.07) is 5.40. The summed E-state index contributed by atoms with van der Waals surface area (Å²) in [5.41, 5.74) is -0.261. The van der Waals surface area contributed by atoms with E-state index >= 15 is 0 Å². The Morgan fingerprint density at radius 2 is 1.89 bits per heavy atom. The smallest absolute Gasteiger partial charge is 0.335 e. The first-order valence-corrected chi connectivity index (χ1v) is 8.89. The zero-order valence-corrected chi connectivity index (χ0v) is 15.8. The second-order valence-electron chi connectivity index (χ2n) is 5.98. The molecular formula is C18H11Cl2F3N4O. The van der Waals surface area contributed by atoms with Gasteiger partial charge in [-0.1, -0.05) is 34.4 Å². The van der Waals surface area contributed by atoms with Gasteiger partial charge in [0.15, 0.2) is 0 Å². The number of hydrogen-bond donors (Lipinski definition) is 0. The van der Waals surface area contributed by atoms with Crippen molar-refractivity contribution in [3.8, 4) is 22.5 Å². The van der Waals surface area contributed by atoms with Crippen molar-refractivity contribution in [1.29, 1.82) is 0 Å². The fourth-order valence-electron chi connectivity index (χ4n) is 2.83. The number of fused-ring (bicyclic) bond motifs is 1. The minimum atomic E-state index is -4.65. The molecule has 0 saturated carbocycles. The van der Waals surface area contributed by atoms with Gasteiger partial charge in [0.2, 0.25) is 0 Å². The van der Waals surface area contributed by atoms with E-state index in [1.807, 2.05) is 6.92 Å². The maximum Gasteiger partial charge on any atom is 0.417 e. The van der Waals surface area contributed by atoms with Crippen LogP contribution in [0.3, 0.4) is 0 Å². The van der Waals surface area contributed by atoms with Gasteiger partial charge in [0.25, 0.3) is 5.71 Å². The van der Waals surface area contributed by atoms with Crippen molar-refractivity contribution in [1.82, 2.24) is 19.9 Å². The molecule has 28 heavy (non-hydrogen) atoms. The lowest BCUT2D eigenvalue weighted by Gasteiger charge is -2.10. The summed E-state index contributed by atoms with van der Waals surface area (Å²) in [5, 5.41) is 8.12. The molecule has 4 aromatic rings. The molecule has 4 rings (SSSR count). The van der Waals surface area contributed by atoms with Crippen LogP contribution in [-0.4, -0.2) is 19.9 Å². The Hall–Kier alpha value is -2.58. The van der Waals surface area contributed by atoms with Crippen LogP contribution < -0.4 is 0 Å². The van der Waals surface area contributed by atoms with Crippen molar-refractivity contribution in [2.75, 3.05) is 0 Å². The standard InChI is InChI=1S/C18H11Cl2F3N4O/c1-2-27-8-10(7-24-27)14-6-11(18(21,22)23)15-16(26-28-17(15)25-14)9-3-4-12(19)13(20)5-9/h3-8H,2H2,1H3. The van der Waals surface area contributed by atoms with Crippen LogP contribution in [0.2, 0.25) is 10.0 Å². The molecule has 0 fully saturated rings. The second-order valence-corrected chi connectivity index (χ2v) is 6.79. The Morgan fingerprint density at radius 3 is 2.54 bits per heavy atom. The normalized spacial score (nSPS) is 12.1. The Kier molecular flexibility index (Phi) is 4.55. The number of benzene rings is 1. The number of halogens is 5. The van der Waals surface area contributed by atoms with Gasteiger partial charge in [-0.15, -0.1) is 0 Å². The monoisotopic (exact) mass is 426 g/mol. The fraction of sp³-hybridized carbons (Fsp3) is 0.167. The highest BCUT2D eigenvalue weighted by Gasteiger charge is 2.36. The van der Waals surface area contributed by atoms with Crippen LogP contribution in [-0.2, 0) is 12.7 Å². The largest absolute Gasteiger partial charge is 0.417 e. The first-order valence-electron chi connectivity index (χ1n) is 8.13. The molecule has 144 valence electrons. The number of aryl methyl sites for hydroxylation is 1. The van der Waals surface area contributed by atoms with E-state index in [4.69, 9.17) is 27.7 Å². The van der Waals surface area contributed by atoms with Gasteiger partial charge in [0.05, 0.1) is 32.9 Å². The van der Waals surface area contributed by atoms with E-state index in [2.05, 4.69) is 15.2 Å². The van der Waals surface area contributed by atoms with Crippen LogP contribution in [0.4, 0.5) is 13.2 Å². The molecule has 0 aliphatic heterocycles. The summed E-state index contributed by atoms with van der Waals surface area (Å²) in [5.74, 6) is 0. The number of hydrogen-bond acceptors (Lipinski definition) is 4. The van der Waals surface area contributed by atoms with Gasteiger partial charge < -0.3 is 4.52 Å². The molecule has 3 aromatic heterocycles. The van der Waals surface area contributed by atoms with E-state index in [0.29, 0.717) is 17.7 Å². The lowest BCUT2D eigenvalue weighted by Crippen LogP contribution is -2.07. The molecule has 0 radical (unpaired) electrons. The molecule has 1 aromatic carbocycles. The average molecular weight is 427 g/mol. The zero-order chi connectivity index (χ0) is 20.1. The Labute approximate surface area is 166 Å². The van der Waals surface area contributed by atoms with Gasteiger partial charge in [0.1, 0.15) is 5.69 Å². The maximum absolute atomic E-state index is 13.8. The average Bonchev–Trinajstić information content (AvgIpc) is 3.29. The van der Waals surface area contributed by atoms with Crippen molar-refractivity contribution in [2.45, 2.75) is 19.6 Å². The van der Waals surface area contributed by atoms with Crippen LogP contribution in [0.15, 0.2) is 41.2 Å². The summed E-state index contributed by atoms with van der Waals surface area (Å²) in [6.45, 7) is 2.45. The highest BCUT2D eigenvalue weighted by Crippen LogP contribution is 2.41. The summed E-state index contributed by atoms with van der Waals surface area (Å²) in [6.07, 6.45) is -1.58. The molecule has 0 spiro atoms. The second kappa shape index (κ2) is 6.79. The Balaban J connectivity index is 1.96. The van der Waals surface area contributed by atoms with Gasteiger partial charge >= 0.3 is 6.18 Å². The molecule has 10 heteroatoms. The molecule has 5 nitrogen and oxygen atoms in total. The third-order valence-electron chi connectivity index (χ3n) is 4.20. The summed E-state index contributed by atoms with van der Waals surface area (Å²) < 4.78 is 48.2. The van der Waals surface area contributed by atoms with Crippen LogP contribution in [0.1, 0.15) is 12.5 Å². The molecule has 0 saturated heterocycles.